The second-order valence-electron chi connectivity index (χ2n) is 2.50. The first-order valence-electron chi connectivity index (χ1n) is 3.27. The molecule has 13 heavy (non-hydrogen) atoms. The van der Waals surface area contributed by atoms with E-state index in [0.717, 1.165) is 8.95 Å². The maximum absolute atomic E-state index is 10.5. The lowest BCUT2D eigenvalue weighted by Crippen LogP contribution is -2.01. The molecule has 0 atom stereocenters. The van der Waals surface area contributed by atoms with E-state index in [1.54, 1.807) is 18.2 Å². The lowest BCUT2D eigenvalue weighted by atomic mass is 10.2. The molecule has 0 spiro atoms. The maximum Gasteiger partial charge on any atom is 0.269 e. The van der Waals surface area contributed by atoms with Crippen LogP contribution in [0.2, 0.25) is 0 Å². The molecule has 1 aromatic carbocycles. The van der Waals surface area contributed by atoms with E-state index >= 15 is 0 Å². The van der Waals surface area contributed by atoms with Gasteiger partial charge < -0.3 is 0 Å². The molecule has 0 aliphatic carbocycles. The lowest BCUT2D eigenvalue weighted by Gasteiger charge is -2.00. The van der Waals surface area contributed by atoms with E-state index in [1.165, 1.54) is 0 Å². The molecule has 0 aliphatic rings. The molecule has 0 radical (unpaired) electrons. The number of hydrogen-bond acceptors (Lipinski definition) is 2. The van der Waals surface area contributed by atoms with Gasteiger partial charge in [-0.15, -0.1) is 0 Å². The number of rotatable bonds is 2. The summed E-state index contributed by atoms with van der Waals surface area (Å²) in [6.45, 7) is 0. The zero-order valence-electron chi connectivity index (χ0n) is 6.37. The second-order valence-corrected chi connectivity index (χ2v) is 5.79. The Morgan fingerprint density at radius 3 is 2.00 bits per heavy atom. The van der Waals surface area contributed by atoms with E-state index in [4.69, 9.17) is 4.55 Å². The van der Waals surface area contributed by atoms with Gasteiger partial charge in [-0.1, -0.05) is 31.9 Å². The van der Waals surface area contributed by atoms with Crippen molar-refractivity contribution in [3.05, 3.63) is 32.7 Å². The van der Waals surface area contributed by atoms with Crippen LogP contribution < -0.4 is 0 Å². The average molecular weight is 330 g/mol. The van der Waals surface area contributed by atoms with E-state index in [2.05, 4.69) is 31.9 Å². The Hall–Kier alpha value is 0.0900. The van der Waals surface area contributed by atoms with Gasteiger partial charge in [0.25, 0.3) is 10.1 Å². The normalized spacial score (nSPS) is 11.6. The fourth-order valence-electron chi connectivity index (χ4n) is 0.905. The minimum Gasteiger partial charge on any atom is -0.285 e. The van der Waals surface area contributed by atoms with Crippen LogP contribution in [0.5, 0.6) is 0 Å². The number of benzene rings is 1. The Balaban J connectivity index is 3.03. The van der Waals surface area contributed by atoms with Crippen LogP contribution in [0.1, 0.15) is 5.56 Å². The van der Waals surface area contributed by atoms with E-state index in [1.807, 2.05) is 0 Å². The van der Waals surface area contributed by atoms with Gasteiger partial charge in [-0.3, -0.25) is 4.55 Å². The molecule has 0 saturated heterocycles. The van der Waals surface area contributed by atoms with Gasteiger partial charge in [-0.2, -0.15) is 8.42 Å². The molecule has 3 nitrogen and oxygen atoms in total. The van der Waals surface area contributed by atoms with Crippen LogP contribution >= 0.6 is 31.9 Å². The van der Waals surface area contributed by atoms with Gasteiger partial charge in [0.1, 0.15) is 5.75 Å². The van der Waals surface area contributed by atoms with Crippen molar-refractivity contribution < 1.29 is 13.0 Å². The minimum absolute atomic E-state index is 0.370. The minimum atomic E-state index is -3.95. The van der Waals surface area contributed by atoms with Crippen LogP contribution in [0.25, 0.3) is 0 Å². The van der Waals surface area contributed by atoms with Crippen molar-refractivity contribution in [3.8, 4) is 0 Å². The lowest BCUT2D eigenvalue weighted by molar-refractivity contribution is 0.482. The maximum atomic E-state index is 10.5. The molecule has 0 unspecified atom stereocenters. The summed E-state index contributed by atoms with van der Waals surface area (Å²) >= 11 is 6.43. The molecule has 0 heterocycles. The van der Waals surface area contributed by atoms with Crippen LogP contribution in [-0.2, 0) is 15.9 Å². The third kappa shape index (κ3) is 4.21. The summed E-state index contributed by atoms with van der Waals surface area (Å²) in [7, 11) is -3.95. The molecule has 1 N–H and O–H groups in total. The molecule has 0 aliphatic heterocycles. The molecule has 0 aromatic heterocycles. The van der Waals surface area contributed by atoms with Crippen molar-refractivity contribution in [2.45, 2.75) is 5.75 Å². The van der Waals surface area contributed by atoms with Gasteiger partial charge >= 0.3 is 0 Å². The number of halogens is 2. The monoisotopic (exact) mass is 328 g/mol. The standard InChI is InChI=1S/C7H6Br2O3S/c8-6-1-5(2-7(9)3-6)4-13(10,11)12/h1-3H,4H2,(H,10,11,12). The molecular formula is C7H6Br2O3S. The predicted octanol–water partition coefficient (Wildman–Crippen LogP) is 2.60. The molecule has 0 bridgehead atoms. The first-order chi connectivity index (χ1) is 5.87. The van der Waals surface area contributed by atoms with Gasteiger partial charge in [0.15, 0.2) is 0 Å². The van der Waals surface area contributed by atoms with Crippen molar-refractivity contribution >= 4 is 42.0 Å². The molecule has 1 aromatic rings. The summed E-state index contributed by atoms with van der Waals surface area (Å²) in [5, 5.41) is 0. The summed E-state index contributed by atoms with van der Waals surface area (Å²) in [5.74, 6) is -0.370. The van der Waals surface area contributed by atoms with E-state index < -0.39 is 10.1 Å². The van der Waals surface area contributed by atoms with Crippen LogP contribution in [0, 0.1) is 0 Å². The van der Waals surface area contributed by atoms with Gasteiger partial charge in [-0.05, 0) is 23.8 Å². The zero-order chi connectivity index (χ0) is 10.1. The van der Waals surface area contributed by atoms with Crippen molar-refractivity contribution in [1.29, 1.82) is 0 Å². The van der Waals surface area contributed by atoms with Crippen molar-refractivity contribution in [1.82, 2.24) is 0 Å². The summed E-state index contributed by atoms with van der Waals surface area (Å²) in [6.07, 6.45) is 0. The van der Waals surface area contributed by atoms with E-state index in [-0.39, 0.29) is 5.75 Å². The van der Waals surface area contributed by atoms with Crippen LogP contribution in [0.4, 0.5) is 0 Å². The molecular weight excluding hydrogens is 324 g/mol. The van der Waals surface area contributed by atoms with Crippen molar-refractivity contribution in [2.24, 2.45) is 0 Å². The Labute approximate surface area is 93.2 Å². The molecule has 0 fully saturated rings. The van der Waals surface area contributed by atoms with Crippen molar-refractivity contribution in [3.63, 3.8) is 0 Å². The highest BCUT2D eigenvalue weighted by Crippen LogP contribution is 2.21. The van der Waals surface area contributed by atoms with E-state index in [0.29, 0.717) is 5.56 Å². The van der Waals surface area contributed by atoms with Crippen LogP contribution in [0.3, 0.4) is 0 Å². The fourth-order valence-corrected chi connectivity index (χ4v) is 2.88. The second kappa shape index (κ2) is 4.08. The first kappa shape index (κ1) is 11.2. The predicted molar refractivity (Wildman–Crippen MR) is 57.1 cm³/mol. The number of hydrogen-bond donors (Lipinski definition) is 1. The molecule has 0 amide bonds. The zero-order valence-corrected chi connectivity index (χ0v) is 10.4. The third-order valence-electron chi connectivity index (χ3n) is 1.27. The topological polar surface area (TPSA) is 54.4 Å². The van der Waals surface area contributed by atoms with Crippen molar-refractivity contribution in [2.75, 3.05) is 0 Å². The highest BCUT2D eigenvalue weighted by atomic mass is 79.9. The SMILES string of the molecule is O=S(=O)(O)Cc1cc(Br)cc(Br)c1. The molecule has 72 valence electrons. The quantitative estimate of drug-likeness (QED) is 0.848. The largest absolute Gasteiger partial charge is 0.285 e. The average Bonchev–Trinajstić information content (AvgIpc) is 1.78. The van der Waals surface area contributed by atoms with Crippen LogP contribution in [-0.4, -0.2) is 13.0 Å². The Morgan fingerprint density at radius 2 is 1.62 bits per heavy atom. The third-order valence-corrected chi connectivity index (χ3v) is 2.89. The summed E-state index contributed by atoms with van der Waals surface area (Å²) in [6, 6.07) is 5.06. The Morgan fingerprint density at radius 1 is 1.15 bits per heavy atom. The Kier molecular flexibility index (Phi) is 3.50. The van der Waals surface area contributed by atoms with Gasteiger partial charge in [0, 0.05) is 8.95 Å². The molecule has 6 heteroatoms. The summed E-state index contributed by atoms with van der Waals surface area (Å²) in [5.41, 5.74) is 0.531. The summed E-state index contributed by atoms with van der Waals surface area (Å²) in [4.78, 5) is 0. The summed E-state index contributed by atoms with van der Waals surface area (Å²) < 4.78 is 31.2. The smallest absolute Gasteiger partial charge is 0.269 e. The van der Waals surface area contributed by atoms with Gasteiger partial charge in [0.05, 0.1) is 0 Å². The Bertz CT molecular complexity index is 393. The molecule has 0 saturated carbocycles. The first-order valence-corrected chi connectivity index (χ1v) is 6.46. The van der Waals surface area contributed by atoms with Gasteiger partial charge in [-0.25, -0.2) is 0 Å². The fraction of sp³-hybridized carbons (Fsp3) is 0.143. The highest BCUT2D eigenvalue weighted by Gasteiger charge is 2.07. The van der Waals surface area contributed by atoms with E-state index in [9.17, 15) is 8.42 Å². The molecule has 1 rings (SSSR count). The van der Waals surface area contributed by atoms with Crippen LogP contribution in [0.15, 0.2) is 27.1 Å². The highest BCUT2D eigenvalue weighted by molar-refractivity contribution is 9.11. The van der Waals surface area contributed by atoms with Gasteiger partial charge in [0.2, 0.25) is 0 Å².